The molecule has 0 atom stereocenters. The van der Waals surface area contributed by atoms with Crippen LogP contribution in [-0.2, 0) is 11.3 Å². The van der Waals surface area contributed by atoms with Gasteiger partial charge in [0, 0.05) is 11.1 Å². The van der Waals surface area contributed by atoms with Crippen LogP contribution in [0.4, 0.5) is 5.82 Å². The fourth-order valence-electron chi connectivity index (χ4n) is 2.49. The van der Waals surface area contributed by atoms with E-state index in [0.717, 1.165) is 11.1 Å². The zero-order chi connectivity index (χ0) is 20.1. The van der Waals surface area contributed by atoms with Crippen molar-refractivity contribution in [1.29, 1.82) is 5.26 Å². The quantitative estimate of drug-likeness (QED) is 0.621. The highest BCUT2D eigenvalue weighted by molar-refractivity contribution is 8.00. The molecule has 142 valence electrons. The van der Waals surface area contributed by atoms with Gasteiger partial charge in [0.25, 0.3) is 0 Å². The molecule has 0 saturated carbocycles. The topological polar surface area (TPSA) is 96.5 Å². The van der Waals surface area contributed by atoms with E-state index in [1.807, 2.05) is 31.2 Å². The summed E-state index contributed by atoms with van der Waals surface area (Å²) in [5.74, 6) is 0.440. The van der Waals surface area contributed by atoms with E-state index in [2.05, 4.69) is 26.7 Å². The molecule has 3 rings (SSSR count). The number of carbonyl (C=O) groups excluding carboxylic acids is 1. The maximum atomic E-state index is 12.4. The van der Waals surface area contributed by atoms with Crippen LogP contribution in [0.2, 0.25) is 5.02 Å². The summed E-state index contributed by atoms with van der Waals surface area (Å²) in [4.78, 5) is 12.4. The number of nitriles is 1. The average molecular weight is 413 g/mol. The third-order valence-electron chi connectivity index (χ3n) is 4.14. The van der Waals surface area contributed by atoms with Gasteiger partial charge in [-0.1, -0.05) is 41.6 Å². The van der Waals surface area contributed by atoms with Gasteiger partial charge in [0.15, 0.2) is 0 Å². The first-order valence-corrected chi connectivity index (χ1v) is 9.77. The molecule has 0 aliphatic carbocycles. The Kier molecular flexibility index (Phi) is 6.29. The second kappa shape index (κ2) is 8.87. The third kappa shape index (κ3) is 4.50. The van der Waals surface area contributed by atoms with Crippen LogP contribution in [0.1, 0.15) is 22.4 Å². The second-order valence-corrected chi connectivity index (χ2v) is 7.38. The van der Waals surface area contributed by atoms with Crippen molar-refractivity contribution in [1.82, 2.24) is 20.0 Å². The van der Waals surface area contributed by atoms with Gasteiger partial charge in [0.05, 0.1) is 29.8 Å². The first-order chi connectivity index (χ1) is 13.5. The summed E-state index contributed by atoms with van der Waals surface area (Å²) in [6.45, 7) is 4.06. The number of benzene rings is 1. The molecule has 2 heterocycles. The van der Waals surface area contributed by atoms with Gasteiger partial charge in [0.1, 0.15) is 16.9 Å². The molecule has 0 aliphatic rings. The SMILES string of the molecule is Cc1nnc(SCC(=O)Nc2ccnn2Cc2ccccc2Cl)c(C#N)c1C. The molecular weight excluding hydrogens is 396 g/mol. The monoisotopic (exact) mass is 412 g/mol. The first-order valence-electron chi connectivity index (χ1n) is 8.41. The predicted octanol–water partition coefficient (Wildman–Crippen LogP) is 3.59. The minimum Gasteiger partial charge on any atom is -0.310 e. The average Bonchev–Trinajstić information content (AvgIpc) is 3.11. The van der Waals surface area contributed by atoms with Crippen molar-refractivity contribution in [3.05, 3.63) is 63.9 Å². The van der Waals surface area contributed by atoms with E-state index < -0.39 is 0 Å². The van der Waals surface area contributed by atoms with Crippen LogP contribution >= 0.6 is 23.4 Å². The largest absolute Gasteiger partial charge is 0.310 e. The van der Waals surface area contributed by atoms with E-state index in [1.54, 1.807) is 23.9 Å². The molecule has 0 bridgehead atoms. The van der Waals surface area contributed by atoms with Crippen molar-refractivity contribution in [2.45, 2.75) is 25.4 Å². The normalized spacial score (nSPS) is 10.5. The Morgan fingerprint density at radius 2 is 2.07 bits per heavy atom. The van der Waals surface area contributed by atoms with Crippen LogP contribution in [0, 0.1) is 25.2 Å². The zero-order valence-electron chi connectivity index (χ0n) is 15.3. The molecule has 2 aromatic heterocycles. The smallest absolute Gasteiger partial charge is 0.235 e. The number of hydrogen-bond acceptors (Lipinski definition) is 6. The Morgan fingerprint density at radius 3 is 2.82 bits per heavy atom. The van der Waals surface area contributed by atoms with E-state index in [-0.39, 0.29) is 11.7 Å². The van der Waals surface area contributed by atoms with Crippen molar-refractivity contribution in [3.8, 4) is 6.07 Å². The first kappa shape index (κ1) is 19.9. The highest BCUT2D eigenvalue weighted by atomic mass is 35.5. The lowest BCUT2D eigenvalue weighted by Gasteiger charge is -2.10. The van der Waals surface area contributed by atoms with Crippen LogP contribution in [0.15, 0.2) is 41.6 Å². The van der Waals surface area contributed by atoms with Crippen LogP contribution in [0.3, 0.4) is 0 Å². The number of carbonyl (C=O) groups is 1. The highest BCUT2D eigenvalue weighted by Crippen LogP contribution is 2.23. The van der Waals surface area contributed by atoms with Crippen LogP contribution in [-0.4, -0.2) is 31.6 Å². The van der Waals surface area contributed by atoms with Crippen molar-refractivity contribution < 1.29 is 4.79 Å². The summed E-state index contributed by atoms with van der Waals surface area (Å²) < 4.78 is 1.67. The third-order valence-corrected chi connectivity index (χ3v) is 5.47. The molecule has 3 aromatic rings. The number of anilines is 1. The number of amides is 1. The standard InChI is InChI=1S/C19H17ClN6OS/c1-12-13(2)24-25-19(15(12)9-21)28-11-18(27)23-17-7-8-22-26(17)10-14-5-3-4-6-16(14)20/h3-8H,10-11H2,1-2H3,(H,23,27). The molecule has 9 heteroatoms. The van der Waals surface area contributed by atoms with E-state index >= 15 is 0 Å². The Labute approximate surface area is 171 Å². The molecular formula is C19H17ClN6OS. The lowest BCUT2D eigenvalue weighted by atomic mass is 10.1. The van der Waals surface area contributed by atoms with Gasteiger partial charge in [-0.05, 0) is 31.0 Å². The summed E-state index contributed by atoms with van der Waals surface area (Å²) in [5.41, 5.74) is 2.84. The fourth-order valence-corrected chi connectivity index (χ4v) is 3.46. The molecule has 1 amide bonds. The molecule has 28 heavy (non-hydrogen) atoms. The summed E-state index contributed by atoms with van der Waals surface area (Å²) >= 11 is 7.38. The number of aryl methyl sites for hydroxylation is 1. The fraction of sp³-hybridized carbons (Fsp3) is 0.211. The summed E-state index contributed by atoms with van der Waals surface area (Å²) in [7, 11) is 0. The van der Waals surface area contributed by atoms with Gasteiger partial charge in [-0.25, -0.2) is 4.68 Å². The maximum Gasteiger partial charge on any atom is 0.235 e. The molecule has 7 nitrogen and oxygen atoms in total. The summed E-state index contributed by atoms with van der Waals surface area (Å²) in [6, 6.07) is 11.3. The van der Waals surface area contributed by atoms with Crippen LogP contribution in [0.25, 0.3) is 0 Å². The number of hydrogen-bond donors (Lipinski definition) is 1. The second-order valence-electron chi connectivity index (χ2n) is 6.00. The predicted molar refractivity (Wildman–Crippen MR) is 108 cm³/mol. The summed E-state index contributed by atoms with van der Waals surface area (Å²) in [5, 5.41) is 25.6. The van der Waals surface area contributed by atoms with Gasteiger partial charge in [0.2, 0.25) is 5.91 Å². The Morgan fingerprint density at radius 1 is 1.29 bits per heavy atom. The Bertz CT molecular complexity index is 1060. The van der Waals surface area contributed by atoms with E-state index in [4.69, 9.17) is 11.6 Å². The number of rotatable bonds is 6. The van der Waals surface area contributed by atoms with Crippen molar-refractivity contribution in [3.63, 3.8) is 0 Å². The maximum absolute atomic E-state index is 12.4. The van der Waals surface area contributed by atoms with Gasteiger partial charge < -0.3 is 5.32 Å². The Balaban J connectivity index is 1.66. The number of nitrogens with one attached hydrogen (secondary N) is 1. The molecule has 1 N–H and O–H groups in total. The number of nitrogens with zero attached hydrogens (tertiary/aromatic N) is 5. The van der Waals surface area contributed by atoms with E-state index in [0.29, 0.717) is 33.7 Å². The molecule has 1 aromatic carbocycles. The minimum atomic E-state index is -0.227. The van der Waals surface area contributed by atoms with Gasteiger partial charge in [-0.15, -0.1) is 5.10 Å². The molecule has 0 unspecified atom stereocenters. The Hall–Kier alpha value is -2.89. The van der Waals surface area contributed by atoms with Crippen LogP contribution in [0.5, 0.6) is 0 Å². The van der Waals surface area contributed by atoms with E-state index in [1.165, 1.54) is 11.8 Å². The number of thioether (sulfide) groups is 1. The van der Waals surface area contributed by atoms with Crippen molar-refractivity contribution >= 4 is 35.1 Å². The molecule has 0 spiro atoms. The number of aromatic nitrogens is 4. The number of halogens is 1. The highest BCUT2D eigenvalue weighted by Gasteiger charge is 2.14. The van der Waals surface area contributed by atoms with E-state index in [9.17, 15) is 10.1 Å². The molecule has 0 radical (unpaired) electrons. The van der Waals surface area contributed by atoms with Crippen molar-refractivity contribution in [2.75, 3.05) is 11.1 Å². The van der Waals surface area contributed by atoms with Crippen LogP contribution < -0.4 is 5.32 Å². The van der Waals surface area contributed by atoms with Gasteiger partial charge in [-0.3, -0.25) is 4.79 Å². The zero-order valence-corrected chi connectivity index (χ0v) is 16.9. The summed E-state index contributed by atoms with van der Waals surface area (Å²) in [6.07, 6.45) is 1.61. The molecule has 0 fully saturated rings. The lowest BCUT2D eigenvalue weighted by Crippen LogP contribution is -2.18. The van der Waals surface area contributed by atoms with Gasteiger partial charge in [-0.2, -0.15) is 15.5 Å². The minimum absolute atomic E-state index is 0.100. The van der Waals surface area contributed by atoms with Gasteiger partial charge >= 0.3 is 0 Å². The molecule has 0 saturated heterocycles. The lowest BCUT2D eigenvalue weighted by molar-refractivity contribution is -0.113. The molecule has 0 aliphatic heterocycles. The van der Waals surface area contributed by atoms with Crippen molar-refractivity contribution in [2.24, 2.45) is 0 Å².